The predicted molar refractivity (Wildman–Crippen MR) is 122 cm³/mol. The van der Waals surface area contributed by atoms with Gasteiger partial charge in [-0.2, -0.15) is 0 Å². The summed E-state index contributed by atoms with van der Waals surface area (Å²) < 4.78 is 12.2. The van der Waals surface area contributed by atoms with Crippen LogP contribution in [0.2, 0.25) is 0 Å². The van der Waals surface area contributed by atoms with Crippen molar-refractivity contribution in [1.29, 1.82) is 0 Å². The van der Waals surface area contributed by atoms with Crippen LogP contribution in [0.3, 0.4) is 0 Å². The van der Waals surface area contributed by atoms with Crippen molar-refractivity contribution in [3.05, 3.63) is 54.1 Å². The largest absolute Gasteiger partial charge is 0.496 e. The summed E-state index contributed by atoms with van der Waals surface area (Å²) in [6.45, 7) is 7.08. The molecule has 3 fully saturated rings. The van der Waals surface area contributed by atoms with Crippen LogP contribution in [0.15, 0.2) is 48.5 Å². The standard InChI is InChI=1S/C27H33NO3/c1-17(29)28-25-26(2,3)18-15-22-24(31-14-13-27(22,25)16-18)21-11-6-5-9-19(21)20-10-7-8-12-23(20)30-4/h5-12,18,22,24-25H,13-16H2,1-4H3,(H,28,29)/t18-,22-,24-,25-,27?/m1/s1. The summed E-state index contributed by atoms with van der Waals surface area (Å²) in [5.74, 6) is 1.98. The van der Waals surface area contributed by atoms with E-state index in [1.807, 2.05) is 12.1 Å². The summed E-state index contributed by atoms with van der Waals surface area (Å²) in [6.07, 6.45) is 3.41. The molecular weight excluding hydrogens is 386 g/mol. The molecule has 3 aliphatic rings. The molecule has 1 amide bonds. The molecule has 4 nitrogen and oxygen atoms in total. The molecule has 2 aromatic carbocycles. The van der Waals surface area contributed by atoms with Gasteiger partial charge in [0, 0.05) is 25.1 Å². The Balaban J connectivity index is 1.58. The van der Waals surface area contributed by atoms with Crippen LogP contribution in [-0.2, 0) is 9.53 Å². The molecule has 2 aromatic rings. The van der Waals surface area contributed by atoms with Crippen molar-refractivity contribution in [2.75, 3.05) is 13.7 Å². The van der Waals surface area contributed by atoms with Crippen LogP contribution in [0.25, 0.3) is 11.1 Å². The van der Waals surface area contributed by atoms with Crippen molar-refractivity contribution < 1.29 is 14.3 Å². The Morgan fingerprint density at radius 3 is 2.55 bits per heavy atom. The Hall–Kier alpha value is -2.33. The number of para-hydroxylation sites is 1. The second kappa shape index (κ2) is 7.37. The summed E-state index contributed by atoms with van der Waals surface area (Å²) in [5.41, 5.74) is 3.75. The zero-order valence-electron chi connectivity index (χ0n) is 19.0. The van der Waals surface area contributed by atoms with Gasteiger partial charge >= 0.3 is 0 Å². The Labute approximate surface area is 185 Å². The maximum absolute atomic E-state index is 12.1. The van der Waals surface area contributed by atoms with E-state index < -0.39 is 0 Å². The first-order chi connectivity index (χ1) is 14.9. The molecule has 1 spiro atoms. The van der Waals surface area contributed by atoms with Gasteiger partial charge in [-0.05, 0) is 59.1 Å². The highest BCUT2D eigenvalue weighted by molar-refractivity contribution is 5.74. The number of hydrogen-bond acceptors (Lipinski definition) is 3. The lowest BCUT2D eigenvalue weighted by Gasteiger charge is -2.53. The summed E-state index contributed by atoms with van der Waals surface area (Å²) in [6, 6.07) is 17.0. The van der Waals surface area contributed by atoms with E-state index in [1.165, 1.54) is 17.5 Å². The predicted octanol–water partition coefficient (Wildman–Crippen LogP) is 5.38. The molecule has 1 aliphatic heterocycles. The summed E-state index contributed by atoms with van der Waals surface area (Å²) in [4.78, 5) is 12.1. The Morgan fingerprint density at radius 1 is 1.10 bits per heavy atom. The number of benzene rings is 2. The first-order valence-corrected chi connectivity index (χ1v) is 11.5. The smallest absolute Gasteiger partial charge is 0.217 e. The van der Waals surface area contributed by atoms with Crippen molar-refractivity contribution in [3.8, 4) is 16.9 Å². The van der Waals surface area contributed by atoms with E-state index in [-0.39, 0.29) is 28.9 Å². The topological polar surface area (TPSA) is 47.6 Å². The molecule has 1 N–H and O–H groups in total. The SMILES string of the molecule is COc1ccccc1-c1ccccc1[C@H]1OCCC23C[C@@H](C[C@H]12)C(C)(C)[C@H]3NC(C)=O. The Morgan fingerprint density at radius 2 is 1.81 bits per heavy atom. The molecule has 1 heterocycles. The Kier molecular flexibility index (Phi) is 4.89. The number of methoxy groups -OCH3 is 1. The highest BCUT2D eigenvalue weighted by atomic mass is 16.5. The van der Waals surface area contributed by atoms with Gasteiger partial charge in [0.2, 0.25) is 5.91 Å². The van der Waals surface area contributed by atoms with E-state index in [2.05, 4.69) is 55.6 Å². The molecule has 1 unspecified atom stereocenters. The molecule has 4 heteroatoms. The second-order valence-corrected chi connectivity index (χ2v) is 10.3. The molecule has 5 rings (SSSR count). The molecule has 2 aliphatic carbocycles. The highest BCUT2D eigenvalue weighted by Gasteiger charge is 2.68. The lowest BCUT2D eigenvalue weighted by Crippen LogP contribution is -2.58. The van der Waals surface area contributed by atoms with Crippen LogP contribution in [0.4, 0.5) is 0 Å². The van der Waals surface area contributed by atoms with Gasteiger partial charge in [-0.15, -0.1) is 0 Å². The Bertz CT molecular complexity index is 999. The van der Waals surface area contributed by atoms with Crippen LogP contribution in [0, 0.1) is 22.7 Å². The average Bonchev–Trinajstić information content (AvgIpc) is 3.26. The minimum absolute atomic E-state index is 0.0345. The number of carbonyl (C=O) groups is 1. The molecule has 0 aromatic heterocycles. The van der Waals surface area contributed by atoms with Crippen LogP contribution in [-0.4, -0.2) is 25.7 Å². The minimum atomic E-state index is 0.0345. The van der Waals surface area contributed by atoms with E-state index in [0.717, 1.165) is 30.8 Å². The van der Waals surface area contributed by atoms with Crippen LogP contribution in [0.5, 0.6) is 5.75 Å². The van der Waals surface area contributed by atoms with Crippen LogP contribution in [0.1, 0.15) is 51.7 Å². The monoisotopic (exact) mass is 419 g/mol. The van der Waals surface area contributed by atoms with Gasteiger partial charge in [0.25, 0.3) is 0 Å². The van der Waals surface area contributed by atoms with Gasteiger partial charge in [-0.3, -0.25) is 4.79 Å². The lowest BCUT2D eigenvalue weighted by atomic mass is 9.58. The van der Waals surface area contributed by atoms with E-state index in [1.54, 1.807) is 14.0 Å². The number of hydrogen-bond donors (Lipinski definition) is 1. The summed E-state index contributed by atoms with van der Waals surface area (Å²) in [7, 11) is 1.73. The first kappa shape index (κ1) is 20.6. The maximum Gasteiger partial charge on any atom is 0.217 e. The zero-order valence-corrected chi connectivity index (χ0v) is 19.0. The number of fused-ring (bicyclic) bond motifs is 1. The van der Waals surface area contributed by atoms with E-state index in [0.29, 0.717) is 11.8 Å². The first-order valence-electron chi connectivity index (χ1n) is 11.5. The summed E-state index contributed by atoms with van der Waals surface area (Å²) >= 11 is 0. The second-order valence-electron chi connectivity index (χ2n) is 10.3. The van der Waals surface area contributed by atoms with Gasteiger partial charge in [0.05, 0.1) is 13.2 Å². The van der Waals surface area contributed by atoms with Crippen LogP contribution < -0.4 is 10.1 Å². The van der Waals surface area contributed by atoms with Crippen LogP contribution >= 0.6 is 0 Å². The number of carbonyl (C=O) groups excluding carboxylic acids is 1. The van der Waals surface area contributed by atoms with E-state index in [4.69, 9.17) is 9.47 Å². The van der Waals surface area contributed by atoms with Crippen molar-refractivity contribution >= 4 is 5.91 Å². The number of ether oxygens (including phenoxy) is 2. The van der Waals surface area contributed by atoms with Gasteiger partial charge in [-0.25, -0.2) is 0 Å². The molecule has 2 bridgehead atoms. The third kappa shape index (κ3) is 3.02. The third-order valence-electron chi connectivity index (χ3n) is 8.52. The number of rotatable bonds is 4. The van der Waals surface area contributed by atoms with Crippen molar-refractivity contribution in [2.45, 2.75) is 52.2 Å². The maximum atomic E-state index is 12.1. The number of nitrogens with one attached hydrogen (secondary N) is 1. The molecule has 5 atom stereocenters. The molecule has 1 saturated heterocycles. The number of amides is 1. The summed E-state index contributed by atoms with van der Waals surface area (Å²) in [5, 5.41) is 3.38. The fraction of sp³-hybridized carbons (Fsp3) is 0.519. The average molecular weight is 420 g/mol. The fourth-order valence-electron chi connectivity index (χ4n) is 7.16. The van der Waals surface area contributed by atoms with Gasteiger partial charge in [0.1, 0.15) is 5.75 Å². The fourth-order valence-corrected chi connectivity index (χ4v) is 7.16. The van der Waals surface area contributed by atoms with Crippen molar-refractivity contribution in [1.82, 2.24) is 5.32 Å². The van der Waals surface area contributed by atoms with Crippen molar-refractivity contribution in [3.63, 3.8) is 0 Å². The van der Waals surface area contributed by atoms with E-state index >= 15 is 0 Å². The van der Waals surface area contributed by atoms with Gasteiger partial charge in [0.15, 0.2) is 0 Å². The zero-order chi connectivity index (χ0) is 21.8. The molecular formula is C27H33NO3. The molecule has 164 valence electrons. The quantitative estimate of drug-likeness (QED) is 0.724. The molecule has 31 heavy (non-hydrogen) atoms. The molecule has 2 saturated carbocycles. The van der Waals surface area contributed by atoms with E-state index in [9.17, 15) is 4.79 Å². The third-order valence-corrected chi connectivity index (χ3v) is 8.52. The van der Waals surface area contributed by atoms with Gasteiger partial charge < -0.3 is 14.8 Å². The van der Waals surface area contributed by atoms with Crippen molar-refractivity contribution in [2.24, 2.45) is 22.7 Å². The lowest BCUT2D eigenvalue weighted by molar-refractivity contribution is -0.135. The minimum Gasteiger partial charge on any atom is -0.496 e. The van der Waals surface area contributed by atoms with Gasteiger partial charge in [-0.1, -0.05) is 56.3 Å². The molecule has 0 radical (unpaired) electrons. The normalized spacial score (nSPS) is 33.0. The highest BCUT2D eigenvalue weighted by Crippen LogP contribution is 2.70.